The van der Waals surface area contributed by atoms with Gasteiger partial charge in [0.05, 0.1) is 36.7 Å². The second-order valence-corrected chi connectivity index (χ2v) is 10.8. The zero-order valence-electron chi connectivity index (χ0n) is 23.4. The van der Waals surface area contributed by atoms with E-state index in [4.69, 9.17) is 4.74 Å². The number of H-pyrrole nitrogens is 2. The topological polar surface area (TPSA) is 98.9 Å². The van der Waals surface area contributed by atoms with Crippen LogP contribution in [0.1, 0.15) is 23.7 Å². The van der Waals surface area contributed by atoms with E-state index < -0.39 is 0 Å². The minimum absolute atomic E-state index is 0.100. The number of pyridine rings is 1. The number of halogens is 1. The van der Waals surface area contributed by atoms with E-state index in [1.165, 1.54) is 6.07 Å². The van der Waals surface area contributed by atoms with Gasteiger partial charge >= 0.3 is 0 Å². The molecule has 0 saturated heterocycles. The van der Waals surface area contributed by atoms with E-state index in [1.807, 2.05) is 43.3 Å². The second-order valence-electron chi connectivity index (χ2n) is 10.8. The van der Waals surface area contributed by atoms with Crippen LogP contribution in [0.3, 0.4) is 0 Å². The maximum atomic E-state index is 14.4. The van der Waals surface area contributed by atoms with Gasteiger partial charge < -0.3 is 19.9 Å². The summed E-state index contributed by atoms with van der Waals surface area (Å²) in [6, 6.07) is 14.9. The molecule has 208 valence electrons. The lowest BCUT2D eigenvalue weighted by Gasteiger charge is -2.19. The van der Waals surface area contributed by atoms with Crippen LogP contribution >= 0.6 is 0 Å². The van der Waals surface area contributed by atoms with Crippen LogP contribution < -0.4 is 10.1 Å². The van der Waals surface area contributed by atoms with E-state index in [9.17, 15) is 9.18 Å². The van der Waals surface area contributed by atoms with Crippen LogP contribution in [0.25, 0.3) is 39.0 Å². The summed E-state index contributed by atoms with van der Waals surface area (Å²) in [5.41, 5.74) is 8.92. The van der Waals surface area contributed by atoms with Gasteiger partial charge in [-0.05, 0) is 79.5 Å². The molecule has 1 aliphatic rings. The number of allylic oxidation sites excluding steroid dienone is 1. The molecule has 6 rings (SSSR count). The first-order valence-corrected chi connectivity index (χ1v) is 13.4. The molecule has 3 N–H and O–H groups in total. The highest BCUT2D eigenvalue weighted by Crippen LogP contribution is 2.39. The van der Waals surface area contributed by atoms with Crippen LogP contribution in [0.5, 0.6) is 5.75 Å². The smallest absolute Gasteiger partial charge is 0.238 e. The van der Waals surface area contributed by atoms with Crippen molar-refractivity contribution in [1.29, 1.82) is 0 Å². The van der Waals surface area contributed by atoms with Crippen LogP contribution in [0.15, 0.2) is 67.0 Å². The lowest BCUT2D eigenvalue weighted by atomic mass is 9.86. The molecule has 1 atom stereocenters. The van der Waals surface area contributed by atoms with Crippen molar-refractivity contribution in [3.8, 4) is 28.3 Å². The van der Waals surface area contributed by atoms with Crippen LogP contribution in [-0.4, -0.2) is 58.7 Å². The molecule has 8 nitrogen and oxygen atoms in total. The molecular formula is C32H31FN6O2. The number of aromatic nitrogens is 4. The first-order valence-electron chi connectivity index (χ1n) is 13.4. The van der Waals surface area contributed by atoms with Gasteiger partial charge in [0.1, 0.15) is 17.3 Å². The fourth-order valence-electron chi connectivity index (χ4n) is 5.42. The number of hydrogen-bond acceptors (Lipinski definition) is 5. The van der Waals surface area contributed by atoms with E-state index >= 15 is 0 Å². The number of ether oxygens (including phenoxy) is 1. The number of carbonyl (C=O) groups is 1. The lowest BCUT2D eigenvalue weighted by molar-refractivity contribution is -0.116. The van der Waals surface area contributed by atoms with Gasteiger partial charge in [0, 0.05) is 34.5 Å². The molecule has 0 fully saturated rings. The van der Waals surface area contributed by atoms with Crippen molar-refractivity contribution < 1.29 is 13.9 Å². The largest absolute Gasteiger partial charge is 0.497 e. The maximum absolute atomic E-state index is 14.4. The van der Waals surface area contributed by atoms with Crippen molar-refractivity contribution in [1.82, 2.24) is 25.1 Å². The van der Waals surface area contributed by atoms with Crippen molar-refractivity contribution >= 4 is 28.1 Å². The van der Waals surface area contributed by atoms with Gasteiger partial charge in [0.25, 0.3) is 0 Å². The van der Waals surface area contributed by atoms with Gasteiger partial charge in [-0.3, -0.25) is 14.9 Å². The summed E-state index contributed by atoms with van der Waals surface area (Å²) in [6.07, 6.45) is 6.45. The average molecular weight is 551 g/mol. The molecule has 9 heteroatoms. The third-order valence-corrected chi connectivity index (χ3v) is 7.22. The van der Waals surface area contributed by atoms with Crippen molar-refractivity contribution in [2.24, 2.45) is 5.92 Å². The van der Waals surface area contributed by atoms with Gasteiger partial charge in [-0.15, -0.1) is 0 Å². The van der Waals surface area contributed by atoms with Crippen LogP contribution in [0.2, 0.25) is 0 Å². The Morgan fingerprint density at radius 3 is 2.76 bits per heavy atom. The zero-order chi connectivity index (χ0) is 28.7. The number of nitrogens with one attached hydrogen (secondary N) is 3. The molecule has 41 heavy (non-hydrogen) atoms. The Labute approximate surface area is 237 Å². The van der Waals surface area contributed by atoms with Crippen molar-refractivity contribution in [2.45, 2.75) is 13.3 Å². The van der Waals surface area contributed by atoms with E-state index in [0.717, 1.165) is 62.2 Å². The summed E-state index contributed by atoms with van der Waals surface area (Å²) in [7, 11) is 5.24. The summed E-state index contributed by atoms with van der Waals surface area (Å²) in [5.74, 6) is 0.325. The Morgan fingerprint density at radius 2 is 1.95 bits per heavy atom. The average Bonchev–Trinajstić information content (AvgIpc) is 3.55. The van der Waals surface area contributed by atoms with E-state index in [2.05, 4.69) is 50.6 Å². The monoisotopic (exact) mass is 550 g/mol. The molecule has 0 saturated carbocycles. The first-order chi connectivity index (χ1) is 19.8. The number of methoxy groups -OCH3 is 1. The Morgan fingerprint density at radius 1 is 1.10 bits per heavy atom. The number of likely N-dealkylation sites (N-methyl/N-ethyl adjacent to an activating group) is 1. The van der Waals surface area contributed by atoms with Gasteiger partial charge in [0.15, 0.2) is 0 Å². The summed E-state index contributed by atoms with van der Waals surface area (Å²) < 4.78 is 19.7. The van der Waals surface area contributed by atoms with Gasteiger partial charge in [-0.25, -0.2) is 4.39 Å². The van der Waals surface area contributed by atoms with E-state index in [-0.39, 0.29) is 24.2 Å². The summed E-state index contributed by atoms with van der Waals surface area (Å²) in [5, 5.41) is 11.7. The highest BCUT2D eigenvalue weighted by atomic mass is 19.1. The normalized spacial score (nSPS) is 14.7. The van der Waals surface area contributed by atoms with Crippen LogP contribution in [0, 0.1) is 11.7 Å². The minimum Gasteiger partial charge on any atom is -0.497 e. The van der Waals surface area contributed by atoms with E-state index in [1.54, 1.807) is 25.6 Å². The predicted molar refractivity (Wildman–Crippen MR) is 159 cm³/mol. The number of aromatic amines is 2. The summed E-state index contributed by atoms with van der Waals surface area (Å²) in [4.78, 5) is 22.0. The molecule has 5 aromatic rings. The highest BCUT2D eigenvalue weighted by Gasteiger charge is 2.23. The zero-order valence-corrected chi connectivity index (χ0v) is 23.4. The predicted octanol–water partition coefficient (Wildman–Crippen LogP) is 5.89. The number of hydrogen-bond donors (Lipinski definition) is 3. The highest BCUT2D eigenvalue weighted by molar-refractivity contribution is 5.97. The molecule has 1 unspecified atom stereocenters. The quantitative estimate of drug-likeness (QED) is 0.235. The third kappa shape index (κ3) is 5.36. The van der Waals surface area contributed by atoms with Gasteiger partial charge in [-0.1, -0.05) is 19.1 Å². The molecule has 0 aliphatic heterocycles. The molecule has 0 bridgehead atoms. The number of nitrogens with zero attached hydrogens (tertiary/aromatic N) is 3. The Bertz CT molecular complexity index is 1800. The molecule has 1 aliphatic carbocycles. The third-order valence-electron chi connectivity index (χ3n) is 7.22. The minimum atomic E-state index is -0.336. The SMILES string of the molecule is COc1cc(F)cc(C2=CC(C)Cc3[nH]c(-c4n[nH]c5ccc(-c6cncc(NC(=O)CN(C)C)c6)cc45)cc32)c1. The Kier molecular flexibility index (Phi) is 6.88. The molecule has 0 radical (unpaired) electrons. The van der Waals surface area contributed by atoms with E-state index in [0.29, 0.717) is 11.4 Å². The number of rotatable bonds is 7. The second kappa shape index (κ2) is 10.7. The molecule has 3 heterocycles. The number of carbonyl (C=O) groups excluding carboxylic acids is 1. The Balaban J connectivity index is 1.36. The van der Waals surface area contributed by atoms with Crippen molar-refractivity contribution in [2.75, 3.05) is 33.1 Å². The molecule has 2 aromatic carbocycles. The fourth-order valence-corrected chi connectivity index (χ4v) is 5.42. The van der Waals surface area contributed by atoms with Gasteiger partial charge in [-0.2, -0.15) is 5.10 Å². The molecular weight excluding hydrogens is 519 g/mol. The number of fused-ring (bicyclic) bond motifs is 2. The van der Waals surface area contributed by atoms with Crippen LogP contribution in [-0.2, 0) is 11.2 Å². The Hall–Kier alpha value is -4.76. The lowest BCUT2D eigenvalue weighted by Crippen LogP contribution is -2.27. The molecule has 0 spiro atoms. The van der Waals surface area contributed by atoms with Gasteiger partial charge in [0.2, 0.25) is 5.91 Å². The summed E-state index contributed by atoms with van der Waals surface area (Å²) in [6.45, 7) is 2.44. The number of anilines is 1. The van der Waals surface area contributed by atoms with Crippen LogP contribution in [0.4, 0.5) is 10.1 Å². The standard InChI is InChI=1S/C32H31FN6O2/c1-18-7-25(20-9-22(33)13-24(11-20)41-4)26-14-30(36-29(26)8-18)32-27-12-19(5-6-28(27)37-38-32)21-10-23(16-34-15-21)35-31(40)17-39(2)3/h5-7,9-16,18,36H,8,17H2,1-4H3,(H,35,40)(H,37,38). The first kappa shape index (κ1) is 26.5. The molecule has 3 aromatic heterocycles. The van der Waals surface area contributed by atoms with Crippen molar-refractivity contribution in [3.63, 3.8) is 0 Å². The van der Waals surface area contributed by atoms with Crippen molar-refractivity contribution in [3.05, 3.63) is 89.6 Å². The number of amides is 1. The summed E-state index contributed by atoms with van der Waals surface area (Å²) >= 11 is 0. The number of benzene rings is 2. The maximum Gasteiger partial charge on any atom is 0.238 e. The fraction of sp³-hybridized carbons (Fsp3) is 0.219. The molecule has 1 amide bonds.